The van der Waals surface area contributed by atoms with Gasteiger partial charge in [-0.3, -0.25) is 0 Å². The Morgan fingerprint density at radius 3 is 3.08 bits per heavy atom. The van der Waals surface area contributed by atoms with Crippen molar-refractivity contribution in [2.24, 2.45) is 0 Å². The molecule has 1 aromatic rings. The molecule has 0 radical (unpaired) electrons. The molecule has 0 amide bonds. The number of likely N-dealkylation sites (N-methyl/N-ethyl adjacent to an activating group) is 1. The van der Waals surface area contributed by atoms with Crippen LogP contribution >= 0.6 is 11.6 Å². The number of nitrogens with zero attached hydrogens (tertiary/aromatic N) is 3. The average molecular weight is 198 g/mol. The number of likely N-dealkylation sites (tertiary alicyclic amines) is 1. The Labute approximate surface area is 82.8 Å². The van der Waals surface area contributed by atoms with E-state index in [0.29, 0.717) is 11.2 Å². The van der Waals surface area contributed by atoms with Gasteiger partial charge in [0.15, 0.2) is 0 Å². The molecule has 1 atom stereocenters. The van der Waals surface area contributed by atoms with Crippen LogP contribution in [0.1, 0.15) is 18.0 Å². The maximum Gasteiger partial charge on any atom is 0.222 e. The summed E-state index contributed by atoms with van der Waals surface area (Å²) in [7, 11) is 2.13. The highest BCUT2D eigenvalue weighted by Gasteiger charge is 2.22. The maximum atomic E-state index is 5.72. The summed E-state index contributed by atoms with van der Waals surface area (Å²) in [6, 6.07) is 1.95. The topological polar surface area (TPSA) is 29.0 Å². The van der Waals surface area contributed by atoms with Crippen LogP contribution in [0.2, 0.25) is 5.28 Å². The van der Waals surface area contributed by atoms with Crippen LogP contribution in [0, 0.1) is 0 Å². The molecule has 1 aliphatic rings. The van der Waals surface area contributed by atoms with Crippen molar-refractivity contribution in [1.82, 2.24) is 14.9 Å². The van der Waals surface area contributed by atoms with Crippen molar-refractivity contribution in [3.8, 4) is 0 Å². The van der Waals surface area contributed by atoms with E-state index in [1.807, 2.05) is 6.07 Å². The van der Waals surface area contributed by atoms with Crippen LogP contribution in [-0.4, -0.2) is 35.0 Å². The van der Waals surface area contributed by atoms with Gasteiger partial charge in [0.2, 0.25) is 5.28 Å². The zero-order valence-electron chi connectivity index (χ0n) is 7.57. The largest absolute Gasteiger partial charge is 0.306 e. The fraction of sp³-hybridized carbons (Fsp3) is 0.556. The smallest absolute Gasteiger partial charge is 0.222 e. The summed E-state index contributed by atoms with van der Waals surface area (Å²) in [5.41, 5.74) is 1.07. The molecule has 1 fully saturated rings. The zero-order valence-corrected chi connectivity index (χ0v) is 8.33. The number of hydrogen-bond acceptors (Lipinski definition) is 3. The number of aromatic nitrogens is 2. The molecule has 13 heavy (non-hydrogen) atoms. The molecule has 4 heteroatoms. The summed E-state index contributed by atoms with van der Waals surface area (Å²) in [6.45, 7) is 2.22. The van der Waals surface area contributed by atoms with Crippen LogP contribution in [0.3, 0.4) is 0 Å². The van der Waals surface area contributed by atoms with Gasteiger partial charge < -0.3 is 4.90 Å². The molecule has 1 saturated heterocycles. The predicted octanol–water partition coefficient (Wildman–Crippen LogP) is 1.55. The Kier molecular flexibility index (Phi) is 2.47. The van der Waals surface area contributed by atoms with E-state index in [-0.39, 0.29) is 0 Å². The van der Waals surface area contributed by atoms with Gasteiger partial charge in [0.05, 0.1) is 0 Å². The van der Waals surface area contributed by atoms with Gasteiger partial charge >= 0.3 is 0 Å². The highest BCUT2D eigenvalue weighted by atomic mass is 35.5. The summed E-state index contributed by atoms with van der Waals surface area (Å²) in [6.07, 6.45) is 2.90. The minimum atomic E-state index is 0.354. The molecule has 0 N–H and O–H groups in total. The first-order valence-electron chi connectivity index (χ1n) is 4.42. The van der Waals surface area contributed by atoms with Crippen molar-refractivity contribution < 1.29 is 0 Å². The molecule has 70 valence electrons. The summed E-state index contributed by atoms with van der Waals surface area (Å²) < 4.78 is 0. The van der Waals surface area contributed by atoms with Crippen LogP contribution in [0.4, 0.5) is 0 Å². The first-order chi connectivity index (χ1) is 6.25. The predicted molar refractivity (Wildman–Crippen MR) is 51.9 cm³/mol. The van der Waals surface area contributed by atoms with E-state index >= 15 is 0 Å². The molecule has 0 aromatic carbocycles. The van der Waals surface area contributed by atoms with Gasteiger partial charge in [0, 0.05) is 24.4 Å². The first-order valence-corrected chi connectivity index (χ1v) is 4.80. The quantitative estimate of drug-likeness (QED) is 0.640. The molecular weight excluding hydrogens is 186 g/mol. The fourth-order valence-electron chi connectivity index (χ4n) is 1.75. The van der Waals surface area contributed by atoms with Gasteiger partial charge in [-0.1, -0.05) is 0 Å². The van der Waals surface area contributed by atoms with Gasteiger partial charge in [0.25, 0.3) is 0 Å². The van der Waals surface area contributed by atoms with Gasteiger partial charge in [-0.2, -0.15) is 0 Å². The summed E-state index contributed by atoms with van der Waals surface area (Å²) in [4.78, 5) is 10.4. The highest BCUT2D eigenvalue weighted by Crippen LogP contribution is 2.24. The molecule has 1 aromatic heterocycles. The molecule has 0 aliphatic carbocycles. The lowest BCUT2D eigenvalue weighted by Gasteiger charge is -2.09. The Balaban J connectivity index is 2.16. The van der Waals surface area contributed by atoms with Gasteiger partial charge in [-0.05, 0) is 37.7 Å². The molecule has 1 aliphatic heterocycles. The van der Waals surface area contributed by atoms with Gasteiger partial charge in [-0.15, -0.1) is 0 Å². The zero-order chi connectivity index (χ0) is 9.26. The molecule has 2 rings (SSSR count). The van der Waals surface area contributed by atoms with E-state index in [0.717, 1.165) is 18.8 Å². The van der Waals surface area contributed by atoms with Crippen molar-refractivity contribution in [3.05, 3.63) is 23.2 Å². The van der Waals surface area contributed by atoms with E-state index in [9.17, 15) is 0 Å². The van der Waals surface area contributed by atoms with Gasteiger partial charge in [-0.25, -0.2) is 9.97 Å². The normalized spacial score (nSPS) is 23.7. The minimum absolute atomic E-state index is 0.354. The molecular formula is C9H12ClN3. The summed E-state index contributed by atoms with van der Waals surface area (Å²) in [5, 5.41) is 0.354. The molecule has 3 nitrogen and oxygen atoms in total. The van der Waals surface area contributed by atoms with Crippen LogP contribution in [0.5, 0.6) is 0 Å². The van der Waals surface area contributed by atoms with E-state index in [1.54, 1.807) is 6.20 Å². The van der Waals surface area contributed by atoms with Crippen LogP contribution in [-0.2, 0) is 0 Å². The monoisotopic (exact) mass is 197 g/mol. The molecule has 0 spiro atoms. The lowest BCUT2D eigenvalue weighted by atomic mass is 10.1. The number of halogens is 1. The Morgan fingerprint density at radius 2 is 2.46 bits per heavy atom. The standard InChI is InChI=1S/C9H12ClN3/c1-13-5-3-7(6-13)8-2-4-11-9(10)12-8/h2,4,7H,3,5-6H2,1H3. The van der Waals surface area contributed by atoms with E-state index in [1.165, 1.54) is 6.42 Å². The second-order valence-electron chi connectivity index (χ2n) is 3.50. The third-order valence-corrected chi connectivity index (χ3v) is 2.64. The maximum absolute atomic E-state index is 5.72. The first kappa shape index (κ1) is 8.91. The summed E-state index contributed by atoms with van der Waals surface area (Å²) in [5.74, 6) is 0.533. The number of rotatable bonds is 1. The average Bonchev–Trinajstić information content (AvgIpc) is 2.52. The minimum Gasteiger partial charge on any atom is -0.306 e. The Bertz CT molecular complexity index is 303. The van der Waals surface area contributed by atoms with E-state index in [2.05, 4.69) is 21.9 Å². The second-order valence-corrected chi connectivity index (χ2v) is 3.84. The third kappa shape index (κ3) is 1.98. The number of hydrogen-bond donors (Lipinski definition) is 0. The Morgan fingerprint density at radius 1 is 1.62 bits per heavy atom. The van der Waals surface area contributed by atoms with E-state index < -0.39 is 0 Å². The lowest BCUT2D eigenvalue weighted by molar-refractivity contribution is 0.410. The highest BCUT2D eigenvalue weighted by molar-refractivity contribution is 6.28. The third-order valence-electron chi connectivity index (χ3n) is 2.46. The SMILES string of the molecule is CN1CCC(c2ccnc(Cl)n2)C1. The molecule has 0 bridgehead atoms. The fourth-order valence-corrected chi connectivity index (χ4v) is 1.91. The molecule has 0 saturated carbocycles. The van der Waals surface area contributed by atoms with Crippen molar-refractivity contribution >= 4 is 11.6 Å². The van der Waals surface area contributed by atoms with Gasteiger partial charge in [0.1, 0.15) is 0 Å². The van der Waals surface area contributed by atoms with Crippen molar-refractivity contribution in [2.75, 3.05) is 20.1 Å². The molecule has 2 heterocycles. The van der Waals surface area contributed by atoms with E-state index in [4.69, 9.17) is 11.6 Å². The van der Waals surface area contributed by atoms with Crippen LogP contribution < -0.4 is 0 Å². The molecule has 1 unspecified atom stereocenters. The lowest BCUT2D eigenvalue weighted by Crippen LogP contribution is -2.13. The summed E-state index contributed by atoms with van der Waals surface area (Å²) >= 11 is 5.72. The van der Waals surface area contributed by atoms with Crippen molar-refractivity contribution in [1.29, 1.82) is 0 Å². The Hall–Kier alpha value is -0.670. The van der Waals surface area contributed by atoms with Crippen LogP contribution in [0.25, 0.3) is 0 Å². The van der Waals surface area contributed by atoms with Crippen molar-refractivity contribution in [2.45, 2.75) is 12.3 Å². The second kappa shape index (κ2) is 3.60. The van der Waals surface area contributed by atoms with Crippen molar-refractivity contribution in [3.63, 3.8) is 0 Å². The van der Waals surface area contributed by atoms with Crippen LogP contribution in [0.15, 0.2) is 12.3 Å².